The minimum atomic E-state index is -1.14. The monoisotopic (exact) mass is 570 g/mol. The van der Waals surface area contributed by atoms with Gasteiger partial charge in [0.25, 0.3) is 5.56 Å². The van der Waals surface area contributed by atoms with Gasteiger partial charge in [0.1, 0.15) is 11.0 Å². The number of aromatic nitrogens is 5. The number of fused-ring (bicyclic) bond motifs is 1. The van der Waals surface area contributed by atoms with Crippen LogP contribution in [0.3, 0.4) is 0 Å². The molecule has 3 heterocycles. The Labute approximate surface area is 247 Å². The highest BCUT2D eigenvalue weighted by molar-refractivity contribution is 5.77. The Hall–Kier alpha value is -4.02. The van der Waals surface area contributed by atoms with Gasteiger partial charge in [0.2, 0.25) is 5.95 Å². The molecule has 10 heteroatoms. The molecule has 1 aliphatic rings. The lowest BCUT2D eigenvalue weighted by molar-refractivity contribution is 0.0738. The molecule has 0 unspecified atom stereocenters. The van der Waals surface area contributed by atoms with Crippen LogP contribution in [0.5, 0.6) is 0 Å². The minimum absolute atomic E-state index is 0.242. The maximum Gasteiger partial charge on any atom is 0.278 e. The molecule has 10 nitrogen and oxygen atoms in total. The summed E-state index contributed by atoms with van der Waals surface area (Å²) in [6.45, 7) is 9.44. The second-order valence-corrected chi connectivity index (χ2v) is 11.6. The van der Waals surface area contributed by atoms with Crippen LogP contribution in [0.15, 0.2) is 66.1 Å². The van der Waals surface area contributed by atoms with Crippen molar-refractivity contribution in [2.45, 2.75) is 70.6 Å². The highest BCUT2D eigenvalue weighted by Gasteiger charge is 2.22. The van der Waals surface area contributed by atoms with Crippen molar-refractivity contribution in [3.8, 4) is 5.82 Å². The van der Waals surface area contributed by atoms with Gasteiger partial charge in [-0.05, 0) is 76.1 Å². The number of nitrogens with zero attached hydrogens (tertiary/aromatic N) is 6. The summed E-state index contributed by atoms with van der Waals surface area (Å²) in [5, 5.41) is 17.9. The topological polar surface area (TPSA) is 113 Å². The number of pyridine rings is 1. The van der Waals surface area contributed by atoms with E-state index in [-0.39, 0.29) is 12.1 Å². The summed E-state index contributed by atoms with van der Waals surface area (Å²) in [5.74, 6) is 0.829. The first-order valence-corrected chi connectivity index (χ1v) is 14.9. The van der Waals surface area contributed by atoms with Crippen molar-refractivity contribution >= 4 is 28.4 Å². The van der Waals surface area contributed by atoms with E-state index >= 15 is 0 Å². The third-order valence-electron chi connectivity index (χ3n) is 7.83. The zero-order valence-corrected chi connectivity index (χ0v) is 24.9. The molecule has 0 bridgehead atoms. The summed E-state index contributed by atoms with van der Waals surface area (Å²) in [5.41, 5.74) is 1.49. The van der Waals surface area contributed by atoms with Gasteiger partial charge in [-0.15, -0.1) is 6.58 Å². The van der Waals surface area contributed by atoms with E-state index in [1.54, 1.807) is 42.8 Å². The SMILES string of the molecule is C=CCn1c(=O)c2cnc(Nc3ccc(N(C)CCCNC4CCCCC4)cc3)nc2n1-c1cccc(C(C)(C)O)n1. The van der Waals surface area contributed by atoms with E-state index in [2.05, 4.69) is 51.3 Å². The Morgan fingerprint density at radius 3 is 2.60 bits per heavy atom. The van der Waals surface area contributed by atoms with Gasteiger partial charge in [-0.25, -0.2) is 19.3 Å². The summed E-state index contributed by atoms with van der Waals surface area (Å²) in [7, 11) is 2.12. The van der Waals surface area contributed by atoms with E-state index in [4.69, 9.17) is 4.98 Å². The summed E-state index contributed by atoms with van der Waals surface area (Å²) >= 11 is 0. The Kier molecular flexibility index (Phi) is 9.03. The predicted molar refractivity (Wildman–Crippen MR) is 169 cm³/mol. The van der Waals surface area contributed by atoms with Gasteiger partial charge in [0.15, 0.2) is 11.5 Å². The molecule has 1 aliphatic carbocycles. The zero-order chi connectivity index (χ0) is 29.7. The van der Waals surface area contributed by atoms with Crippen LogP contribution in [-0.2, 0) is 12.1 Å². The second-order valence-electron chi connectivity index (χ2n) is 11.6. The van der Waals surface area contributed by atoms with Crippen molar-refractivity contribution in [3.63, 3.8) is 0 Å². The fourth-order valence-corrected chi connectivity index (χ4v) is 5.48. The Morgan fingerprint density at radius 1 is 1.12 bits per heavy atom. The van der Waals surface area contributed by atoms with Crippen molar-refractivity contribution < 1.29 is 5.11 Å². The highest BCUT2D eigenvalue weighted by atomic mass is 16.3. The van der Waals surface area contributed by atoms with E-state index in [0.29, 0.717) is 34.5 Å². The van der Waals surface area contributed by atoms with Crippen molar-refractivity contribution in [1.82, 2.24) is 29.6 Å². The van der Waals surface area contributed by atoms with E-state index in [1.807, 2.05) is 12.1 Å². The average molecular weight is 571 g/mol. The molecule has 0 saturated heterocycles. The number of anilines is 3. The lowest BCUT2D eigenvalue weighted by Crippen LogP contribution is -2.33. The molecule has 5 rings (SSSR count). The molecule has 3 aromatic heterocycles. The second kappa shape index (κ2) is 12.9. The molecular weight excluding hydrogens is 528 g/mol. The van der Waals surface area contributed by atoms with Crippen LogP contribution in [-0.4, -0.2) is 55.6 Å². The van der Waals surface area contributed by atoms with E-state index in [1.165, 1.54) is 43.0 Å². The van der Waals surface area contributed by atoms with Crippen LogP contribution in [0.1, 0.15) is 58.1 Å². The molecule has 1 fully saturated rings. The van der Waals surface area contributed by atoms with Gasteiger partial charge in [-0.3, -0.25) is 4.79 Å². The lowest BCUT2D eigenvalue weighted by Gasteiger charge is -2.24. The number of hydrogen-bond acceptors (Lipinski definition) is 8. The average Bonchev–Trinajstić information content (AvgIpc) is 3.26. The number of aliphatic hydroxyl groups is 1. The third-order valence-corrected chi connectivity index (χ3v) is 7.83. The molecule has 0 aliphatic heterocycles. The number of nitrogens with one attached hydrogen (secondary N) is 2. The molecular formula is C32H42N8O2. The standard InChI is InChI=1S/C32H42N8O2/c1-5-20-39-30(41)26-22-34-31(37-29(26)40(39)28-14-9-13-27(36-28)32(2,3)42)35-24-15-17-25(18-16-24)38(4)21-10-19-33-23-11-7-6-8-12-23/h5,9,13-18,22-23,33,42H,1,6-8,10-12,19-21H2,2-4H3,(H,34,35,37). The molecule has 0 amide bonds. The van der Waals surface area contributed by atoms with Gasteiger partial charge in [0.05, 0.1) is 12.2 Å². The van der Waals surface area contributed by atoms with Gasteiger partial charge >= 0.3 is 0 Å². The number of rotatable bonds is 12. The van der Waals surface area contributed by atoms with E-state index in [0.717, 1.165) is 30.9 Å². The summed E-state index contributed by atoms with van der Waals surface area (Å²) in [4.78, 5) is 29.3. The number of hydrogen-bond donors (Lipinski definition) is 3. The minimum Gasteiger partial charge on any atom is -0.384 e. The van der Waals surface area contributed by atoms with E-state index < -0.39 is 5.60 Å². The van der Waals surface area contributed by atoms with Crippen molar-refractivity contribution in [2.24, 2.45) is 0 Å². The smallest absolute Gasteiger partial charge is 0.278 e. The van der Waals surface area contributed by atoms with Crippen molar-refractivity contribution in [3.05, 3.63) is 77.4 Å². The Balaban J connectivity index is 1.32. The Morgan fingerprint density at radius 2 is 1.88 bits per heavy atom. The molecule has 1 saturated carbocycles. The molecule has 42 heavy (non-hydrogen) atoms. The van der Waals surface area contributed by atoms with Gasteiger partial charge in [-0.1, -0.05) is 31.4 Å². The molecule has 0 radical (unpaired) electrons. The number of allylic oxidation sites excluding steroid dienone is 1. The third kappa shape index (κ3) is 6.71. The fraction of sp³-hybridized carbons (Fsp3) is 0.438. The van der Waals surface area contributed by atoms with Crippen molar-refractivity contribution in [1.29, 1.82) is 0 Å². The number of benzene rings is 1. The van der Waals surface area contributed by atoms with Crippen LogP contribution in [0.4, 0.5) is 17.3 Å². The summed E-state index contributed by atoms with van der Waals surface area (Å²) in [6.07, 6.45) is 11.0. The summed E-state index contributed by atoms with van der Waals surface area (Å²) < 4.78 is 3.17. The quantitative estimate of drug-likeness (QED) is 0.163. The molecule has 1 aromatic carbocycles. The van der Waals surface area contributed by atoms with Crippen LogP contribution in [0.2, 0.25) is 0 Å². The first-order valence-electron chi connectivity index (χ1n) is 14.9. The zero-order valence-electron chi connectivity index (χ0n) is 24.9. The normalized spacial score (nSPS) is 14.3. The largest absolute Gasteiger partial charge is 0.384 e. The molecule has 222 valence electrons. The highest BCUT2D eigenvalue weighted by Crippen LogP contribution is 2.23. The predicted octanol–water partition coefficient (Wildman–Crippen LogP) is 4.88. The molecule has 4 aromatic rings. The van der Waals surface area contributed by atoms with Gasteiger partial charge in [-0.2, -0.15) is 4.98 Å². The Bertz CT molecular complexity index is 1560. The van der Waals surface area contributed by atoms with Crippen molar-refractivity contribution in [2.75, 3.05) is 30.4 Å². The van der Waals surface area contributed by atoms with E-state index in [9.17, 15) is 9.90 Å². The lowest BCUT2D eigenvalue weighted by atomic mass is 9.95. The first-order chi connectivity index (χ1) is 20.2. The van der Waals surface area contributed by atoms with Crippen LogP contribution in [0.25, 0.3) is 16.9 Å². The molecule has 3 N–H and O–H groups in total. The maximum absolute atomic E-state index is 13.2. The van der Waals surface area contributed by atoms with Crippen LogP contribution >= 0.6 is 0 Å². The van der Waals surface area contributed by atoms with Gasteiger partial charge < -0.3 is 20.6 Å². The molecule has 0 atom stereocenters. The van der Waals surface area contributed by atoms with Crippen LogP contribution in [0, 0.1) is 0 Å². The summed E-state index contributed by atoms with van der Waals surface area (Å²) in [6, 6.07) is 14.2. The first kappa shape index (κ1) is 29.5. The maximum atomic E-state index is 13.2. The fourth-order valence-electron chi connectivity index (χ4n) is 5.48. The molecule has 0 spiro atoms. The van der Waals surface area contributed by atoms with Crippen LogP contribution < -0.4 is 21.1 Å². The van der Waals surface area contributed by atoms with Gasteiger partial charge in [0, 0.05) is 37.2 Å².